The van der Waals surface area contributed by atoms with E-state index in [0.29, 0.717) is 13.2 Å². The summed E-state index contributed by atoms with van der Waals surface area (Å²) in [6, 6.07) is 9.50. The normalized spacial score (nSPS) is 34.7. The largest absolute Gasteiger partial charge is 0.395 e. The second-order valence-electron chi connectivity index (χ2n) is 10.4. The smallest absolute Gasteiger partial charge is 0.217 e. The van der Waals surface area contributed by atoms with Crippen molar-refractivity contribution >= 4 is 5.91 Å². The van der Waals surface area contributed by atoms with E-state index < -0.39 is 12.6 Å². The minimum Gasteiger partial charge on any atom is -0.395 e. The Morgan fingerprint density at radius 3 is 2.53 bits per heavy atom. The number of nitrogens with one attached hydrogen (secondary N) is 1. The van der Waals surface area contributed by atoms with Crippen molar-refractivity contribution in [3.63, 3.8) is 0 Å². The third-order valence-corrected chi connectivity index (χ3v) is 7.93. The lowest BCUT2D eigenvalue weighted by Crippen LogP contribution is -2.72. The van der Waals surface area contributed by atoms with Crippen LogP contribution < -0.4 is 5.32 Å². The summed E-state index contributed by atoms with van der Waals surface area (Å²) in [4.78, 5) is 17.1. The molecule has 0 spiro atoms. The number of fused-ring (bicyclic) bond motifs is 1. The molecule has 5 rings (SSSR count). The van der Waals surface area contributed by atoms with Gasteiger partial charge in [0.2, 0.25) is 5.91 Å². The van der Waals surface area contributed by atoms with E-state index in [-0.39, 0.29) is 42.9 Å². The molecule has 3 saturated heterocycles. The van der Waals surface area contributed by atoms with Crippen LogP contribution in [0.25, 0.3) is 0 Å². The van der Waals surface area contributed by atoms with E-state index in [1.54, 1.807) is 6.92 Å². The maximum Gasteiger partial charge on any atom is 0.217 e. The van der Waals surface area contributed by atoms with Crippen LogP contribution in [0.5, 0.6) is 0 Å². The van der Waals surface area contributed by atoms with Crippen molar-refractivity contribution in [1.82, 2.24) is 15.1 Å². The first-order valence-electron chi connectivity index (χ1n) is 13.6. The third kappa shape index (κ3) is 6.10. The van der Waals surface area contributed by atoms with Crippen LogP contribution in [0.2, 0.25) is 0 Å². The highest BCUT2D eigenvalue weighted by molar-refractivity contribution is 5.73. The number of rotatable bonds is 7. The van der Waals surface area contributed by atoms with E-state index in [0.717, 1.165) is 57.4 Å². The molecule has 4 fully saturated rings. The molecular formula is C27H41N3O6. The molecule has 6 atom stereocenters. The lowest BCUT2D eigenvalue weighted by Gasteiger charge is -2.54. The highest BCUT2D eigenvalue weighted by atomic mass is 16.7. The minimum absolute atomic E-state index is 0.102. The summed E-state index contributed by atoms with van der Waals surface area (Å²) in [5.74, 6) is -0.102. The van der Waals surface area contributed by atoms with Gasteiger partial charge in [0, 0.05) is 45.2 Å². The molecule has 1 aliphatic carbocycles. The number of ether oxygens (including phenoxy) is 4. The van der Waals surface area contributed by atoms with Gasteiger partial charge in [0.15, 0.2) is 12.6 Å². The predicted octanol–water partition coefficient (Wildman–Crippen LogP) is 1.66. The number of benzene rings is 1. The monoisotopic (exact) mass is 503 g/mol. The fourth-order valence-corrected chi connectivity index (χ4v) is 6.13. The van der Waals surface area contributed by atoms with Gasteiger partial charge in [-0.3, -0.25) is 14.6 Å². The van der Waals surface area contributed by atoms with E-state index in [1.807, 2.05) is 30.3 Å². The first-order chi connectivity index (χ1) is 17.6. The van der Waals surface area contributed by atoms with Crippen molar-refractivity contribution in [2.45, 2.75) is 82.0 Å². The first-order valence-corrected chi connectivity index (χ1v) is 13.6. The van der Waals surface area contributed by atoms with Crippen LogP contribution in [0.4, 0.5) is 0 Å². The number of carbonyl (C=O) groups is 1. The molecule has 1 saturated carbocycles. The molecule has 4 aliphatic rings. The van der Waals surface area contributed by atoms with E-state index in [2.05, 4.69) is 15.1 Å². The number of amides is 1. The summed E-state index contributed by atoms with van der Waals surface area (Å²) in [7, 11) is 0. The SMILES string of the molecule is CC(=O)N[C@H]1[C@H](OC2CCCCC2)O[C@@H]2COC(c3ccccc3)O[C@H]2[C@@H]1N1CCN(CCO)CC1. The molecule has 0 radical (unpaired) electrons. The Kier molecular flexibility index (Phi) is 8.90. The predicted molar refractivity (Wildman–Crippen MR) is 133 cm³/mol. The van der Waals surface area contributed by atoms with Gasteiger partial charge in [-0.15, -0.1) is 0 Å². The molecule has 1 aromatic rings. The zero-order valence-electron chi connectivity index (χ0n) is 21.3. The van der Waals surface area contributed by atoms with Gasteiger partial charge in [0.1, 0.15) is 12.2 Å². The van der Waals surface area contributed by atoms with E-state index in [9.17, 15) is 9.90 Å². The average Bonchev–Trinajstić information content (AvgIpc) is 2.90. The fraction of sp³-hybridized carbons (Fsp3) is 0.741. The Morgan fingerprint density at radius 1 is 1.08 bits per heavy atom. The highest BCUT2D eigenvalue weighted by Gasteiger charge is 2.53. The van der Waals surface area contributed by atoms with Crippen LogP contribution in [0.15, 0.2) is 30.3 Å². The summed E-state index contributed by atoms with van der Waals surface area (Å²) in [6.45, 7) is 6.15. The van der Waals surface area contributed by atoms with Crippen molar-refractivity contribution in [2.75, 3.05) is 45.9 Å². The van der Waals surface area contributed by atoms with Crippen molar-refractivity contribution in [1.29, 1.82) is 0 Å². The maximum absolute atomic E-state index is 12.4. The van der Waals surface area contributed by atoms with Crippen LogP contribution in [0, 0.1) is 0 Å². The number of aliphatic hydroxyl groups is 1. The quantitative estimate of drug-likeness (QED) is 0.581. The molecule has 1 amide bonds. The van der Waals surface area contributed by atoms with Gasteiger partial charge in [-0.05, 0) is 12.8 Å². The summed E-state index contributed by atoms with van der Waals surface area (Å²) >= 11 is 0. The number of piperazine rings is 1. The number of aliphatic hydroxyl groups excluding tert-OH is 1. The zero-order valence-corrected chi connectivity index (χ0v) is 21.3. The molecule has 3 aliphatic heterocycles. The summed E-state index contributed by atoms with van der Waals surface area (Å²) in [5.41, 5.74) is 0.971. The van der Waals surface area contributed by atoms with Gasteiger partial charge in [0.25, 0.3) is 0 Å². The van der Waals surface area contributed by atoms with Gasteiger partial charge in [-0.25, -0.2) is 0 Å². The zero-order chi connectivity index (χ0) is 24.9. The lowest BCUT2D eigenvalue weighted by atomic mass is 9.90. The fourth-order valence-electron chi connectivity index (χ4n) is 6.13. The first kappa shape index (κ1) is 26.0. The molecule has 1 unspecified atom stereocenters. The number of nitrogens with zero attached hydrogens (tertiary/aromatic N) is 2. The Bertz CT molecular complexity index is 830. The standard InChI is InChI=1S/C27H41N3O6/c1-19(32)28-23-24(30-14-12-29(13-15-30)16-17-31)25-22(35-27(23)34-21-10-6-3-7-11-21)18-33-26(36-25)20-8-4-2-5-9-20/h2,4-5,8-9,21-27,31H,3,6-7,10-18H2,1H3,(H,28,32)/t22-,23-,24-,25-,26?,27-/m1/s1. The number of carbonyl (C=O) groups excluding carboxylic acids is 1. The van der Waals surface area contributed by atoms with Gasteiger partial charge >= 0.3 is 0 Å². The molecule has 1 aromatic carbocycles. The van der Waals surface area contributed by atoms with Crippen molar-refractivity contribution in [2.24, 2.45) is 0 Å². The number of hydrogen-bond acceptors (Lipinski definition) is 8. The van der Waals surface area contributed by atoms with Crippen LogP contribution in [0.1, 0.15) is 50.9 Å². The van der Waals surface area contributed by atoms with Gasteiger partial charge < -0.3 is 29.4 Å². The highest BCUT2D eigenvalue weighted by Crippen LogP contribution is 2.37. The lowest BCUT2D eigenvalue weighted by molar-refractivity contribution is -0.343. The van der Waals surface area contributed by atoms with Crippen LogP contribution in [0.3, 0.4) is 0 Å². The van der Waals surface area contributed by atoms with E-state index >= 15 is 0 Å². The van der Waals surface area contributed by atoms with Crippen LogP contribution in [-0.2, 0) is 23.7 Å². The van der Waals surface area contributed by atoms with Crippen LogP contribution in [-0.4, -0.2) is 103 Å². The van der Waals surface area contributed by atoms with Crippen LogP contribution >= 0.6 is 0 Å². The van der Waals surface area contributed by atoms with Crippen molar-refractivity contribution < 1.29 is 28.8 Å². The number of β-amino-alcohol motifs (C(OH)–C–C–N with tert-alkyl or cyclic N) is 1. The molecule has 0 aromatic heterocycles. The van der Waals surface area contributed by atoms with E-state index in [1.165, 1.54) is 6.42 Å². The topological polar surface area (TPSA) is 92.7 Å². The summed E-state index contributed by atoms with van der Waals surface area (Å²) in [6.07, 6.45) is 4.14. The Labute approximate surface area is 214 Å². The molecule has 0 bridgehead atoms. The van der Waals surface area contributed by atoms with Crippen molar-refractivity contribution in [3.8, 4) is 0 Å². The van der Waals surface area contributed by atoms with Crippen molar-refractivity contribution in [3.05, 3.63) is 35.9 Å². The molecule has 36 heavy (non-hydrogen) atoms. The van der Waals surface area contributed by atoms with Gasteiger partial charge in [-0.2, -0.15) is 0 Å². The minimum atomic E-state index is -0.556. The van der Waals surface area contributed by atoms with Gasteiger partial charge in [0.05, 0.1) is 31.4 Å². The summed E-state index contributed by atoms with van der Waals surface area (Å²) < 4.78 is 25.8. The second kappa shape index (κ2) is 12.3. The third-order valence-electron chi connectivity index (χ3n) is 7.93. The molecule has 2 N–H and O–H groups in total. The Morgan fingerprint density at radius 2 is 1.83 bits per heavy atom. The Hall–Kier alpha value is -1.59. The molecule has 9 nitrogen and oxygen atoms in total. The maximum atomic E-state index is 12.4. The summed E-state index contributed by atoms with van der Waals surface area (Å²) in [5, 5.41) is 12.6. The number of hydrogen-bond donors (Lipinski definition) is 2. The molecule has 9 heteroatoms. The Balaban J connectivity index is 1.40. The molecule has 3 heterocycles. The van der Waals surface area contributed by atoms with Gasteiger partial charge in [-0.1, -0.05) is 49.6 Å². The molecular weight excluding hydrogens is 462 g/mol. The average molecular weight is 504 g/mol. The van der Waals surface area contributed by atoms with E-state index in [4.69, 9.17) is 18.9 Å². The second-order valence-corrected chi connectivity index (χ2v) is 10.4. The molecule has 200 valence electrons.